The van der Waals surface area contributed by atoms with Crippen LogP contribution in [-0.4, -0.2) is 16.6 Å². The Kier molecular flexibility index (Phi) is 4.84. The van der Waals surface area contributed by atoms with Crippen LogP contribution in [0.15, 0.2) is 42.7 Å². The summed E-state index contributed by atoms with van der Waals surface area (Å²) in [5, 5.41) is 3.26. The van der Waals surface area contributed by atoms with Crippen LogP contribution >= 0.6 is 0 Å². The summed E-state index contributed by atoms with van der Waals surface area (Å²) in [6.07, 6.45) is 3.99. The van der Waals surface area contributed by atoms with Crippen LogP contribution in [0, 0.1) is 11.6 Å². The van der Waals surface area contributed by atoms with Crippen LogP contribution in [-0.2, 0) is 6.54 Å². The minimum absolute atomic E-state index is 0.00800. The number of pyridine rings is 2. The highest BCUT2D eigenvalue weighted by molar-refractivity contribution is 5.91. The van der Waals surface area contributed by atoms with Crippen molar-refractivity contribution in [3.8, 4) is 5.88 Å². The number of benzene rings is 1. The molecule has 4 nitrogen and oxygen atoms in total. The maximum absolute atomic E-state index is 14.1. The van der Waals surface area contributed by atoms with Crippen molar-refractivity contribution in [1.82, 2.24) is 9.97 Å². The van der Waals surface area contributed by atoms with E-state index in [1.807, 2.05) is 13.0 Å². The molecule has 1 N–H and O–H groups in total. The first-order valence-corrected chi connectivity index (χ1v) is 7.74. The number of halogens is 2. The minimum atomic E-state index is -0.552. The van der Waals surface area contributed by atoms with Gasteiger partial charge in [-0.2, -0.15) is 0 Å². The first kappa shape index (κ1) is 16.1. The van der Waals surface area contributed by atoms with Crippen LogP contribution in [0.2, 0.25) is 0 Å². The van der Waals surface area contributed by atoms with E-state index in [0.29, 0.717) is 24.7 Å². The molecule has 0 saturated heterocycles. The molecule has 0 amide bonds. The summed E-state index contributed by atoms with van der Waals surface area (Å²) in [5.41, 5.74) is 1.32. The molecule has 2 aromatic heterocycles. The molecular weight excluding hydrogens is 312 g/mol. The van der Waals surface area contributed by atoms with E-state index in [4.69, 9.17) is 4.74 Å². The molecule has 0 radical (unpaired) electrons. The first-order valence-electron chi connectivity index (χ1n) is 7.74. The van der Waals surface area contributed by atoms with Gasteiger partial charge < -0.3 is 10.1 Å². The molecule has 3 aromatic rings. The van der Waals surface area contributed by atoms with Gasteiger partial charge in [0.1, 0.15) is 17.2 Å². The minimum Gasteiger partial charge on any atom is -0.477 e. The SMILES string of the molecule is CCCOc1ncccc1CNc1ccnc2c(F)ccc(F)c12. The number of ether oxygens (including phenoxy) is 1. The average molecular weight is 329 g/mol. The lowest BCUT2D eigenvalue weighted by atomic mass is 10.1. The van der Waals surface area contributed by atoms with E-state index in [-0.39, 0.29) is 10.9 Å². The van der Waals surface area contributed by atoms with Crippen molar-refractivity contribution in [2.24, 2.45) is 0 Å². The van der Waals surface area contributed by atoms with Gasteiger partial charge in [0, 0.05) is 30.2 Å². The Morgan fingerprint density at radius 3 is 2.71 bits per heavy atom. The number of hydrogen-bond donors (Lipinski definition) is 1. The summed E-state index contributed by atoms with van der Waals surface area (Å²) in [5.74, 6) is -0.532. The van der Waals surface area contributed by atoms with Crippen molar-refractivity contribution >= 4 is 16.6 Å². The van der Waals surface area contributed by atoms with E-state index < -0.39 is 11.6 Å². The second kappa shape index (κ2) is 7.21. The van der Waals surface area contributed by atoms with Gasteiger partial charge in [0.25, 0.3) is 0 Å². The molecule has 0 fully saturated rings. The molecule has 0 bridgehead atoms. The molecule has 0 saturated carbocycles. The normalized spacial score (nSPS) is 10.8. The number of rotatable bonds is 6. The van der Waals surface area contributed by atoms with Gasteiger partial charge in [-0.3, -0.25) is 4.98 Å². The Morgan fingerprint density at radius 2 is 1.88 bits per heavy atom. The van der Waals surface area contributed by atoms with Crippen LogP contribution in [0.5, 0.6) is 5.88 Å². The lowest BCUT2D eigenvalue weighted by Crippen LogP contribution is -2.06. The van der Waals surface area contributed by atoms with Crippen LogP contribution in [0.25, 0.3) is 10.9 Å². The summed E-state index contributed by atoms with van der Waals surface area (Å²) in [6, 6.07) is 7.48. The monoisotopic (exact) mass is 329 g/mol. The van der Waals surface area contributed by atoms with Gasteiger partial charge in [0.2, 0.25) is 5.88 Å². The van der Waals surface area contributed by atoms with E-state index in [1.54, 1.807) is 18.3 Å². The summed E-state index contributed by atoms with van der Waals surface area (Å²) in [7, 11) is 0. The third-order valence-electron chi connectivity index (χ3n) is 3.55. The topological polar surface area (TPSA) is 47.0 Å². The average Bonchev–Trinajstić information content (AvgIpc) is 2.62. The fraction of sp³-hybridized carbons (Fsp3) is 0.222. The molecule has 0 aliphatic heterocycles. The first-order chi connectivity index (χ1) is 11.7. The van der Waals surface area contributed by atoms with Crippen molar-refractivity contribution < 1.29 is 13.5 Å². The zero-order valence-electron chi connectivity index (χ0n) is 13.2. The molecule has 24 heavy (non-hydrogen) atoms. The Bertz CT molecular complexity index is 855. The third kappa shape index (κ3) is 3.27. The van der Waals surface area contributed by atoms with Gasteiger partial charge >= 0.3 is 0 Å². The molecular formula is C18H17F2N3O. The second-order valence-electron chi connectivity index (χ2n) is 5.28. The van der Waals surface area contributed by atoms with Crippen LogP contribution in [0.3, 0.4) is 0 Å². The quantitative estimate of drug-likeness (QED) is 0.732. The van der Waals surface area contributed by atoms with Crippen molar-refractivity contribution in [2.75, 3.05) is 11.9 Å². The van der Waals surface area contributed by atoms with Crippen molar-refractivity contribution in [3.05, 3.63) is 59.9 Å². The Balaban J connectivity index is 1.88. The molecule has 2 heterocycles. The number of anilines is 1. The molecule has 0 unspecified atom stereocenters. The number of aromatic nitrogens is 2. The standard InChI is InChI=1S/C18H17F2N3O/c1-2-10-24-18-12(4-3-8-22-18)11-23-15-7-9-21-17-14(20)6-5-13(19)16(15)17/h3-9H,2,10-11H2,1H3,(H,21,23). The van der Waals surface area contributed by atoms with Gasteiger partial charge in [-0.1, -0.05) is 13.0 Å². The molecule has 0 aliphatic carbocycles. The molecule has 6 heteroatoms. The predicted octanol–water partition coefficient (Wildman–Crippen LogP) is 4.31. The zero-order valence-corrected chi connectivity index (χ0v) is 13.2. The van der Waals surface area contributed by atoms with Gasteiger partial charge in [0.05, 0.1) is 12.0 Å². The van der Waals surface area contributed by atoms with Gasteiger partial charge in [-0.15, -0.1) is 0 Å². The molecule has 0 spiro atoms. The maximum Gasteiger partial charge on any atom is 0.218 e. The fourth-order valence-electron chi connectivity index (χ4n) is 2.42. The number of nitrogens with zero attached hydrogens (tertiary/aromatic N) is 2. The molecule has 1 aromatic carbocycles. The van der Waals surface area contributed by atoms with E-state index in [2.05, 4.69) is 15.3 Å². The smallest absolute Gasteiger partial charge is 0.218 e. The summed E-state index contributed by atoms with van der Waals surface area (Å²) in [4.78, 5) is 8.14. The van der Waals surface area contributed by atoms with E-state index in [1.165, 1.54) is 6.20 Å². The lowest BCUT2D eigenvalue weighted by Gasteiger charge is -2.13. The fourth-order valence-corrected chi connectivity index (χ4v) is 2.42. The third-order valence-corrected chi connectivity index (χ3v) is 3.55. The molecule has 124 valence electrons. The highest BCUT2D eigenvalue weighted by atomic mass is 19.1. The summed E-state index contributed by atoms with van der Waals surface area (Å²) in [6.45, 7) is 2.96. The number of nitrogens with one attached hydrogen (secondary N) is 1. The van der Waals surface area contributed by atoms with Crippen LogP contribution in [0.1, 0.15) is 18.9 Å². The molecule has 3 rings (SSSR count). The van der Waals surface area contributed by atoms with Crippen LogP contribution in [0.4, 0.5) is 14.5 Å². The number of hydrogen-bond acceptors (Lipinski definition) is 4. The van der Waals surface area contributed by atoms with Gasteiger partial charge in [-0.05, 0) is 30.7 Å². The predicted molar refractivity (Wildman–Crippen MR) is 89.0 cm³/mol. The zero-order chi connectivity index (χ0) is 16.9. The highest BCUT2D eigenvalue weighted by Crippen LogP contribution is 2.27. The highest BCUT2D eigenvalue weighted by Gasteiger charge is 2.12. The van der Waals surface area contributed by atoms with Crippen molar-refractivity contribution in [1.29, 1.82) is 0 Å². The largest absolute Gasteiger partial charge is 0.477 e. The van der Waals surface area contributed by atoms with E-state index >= 15 is 0 Å². The molecule has 0 atom stereocenters. The van der Waals surface area contributed by atoms with Crippen molar-refractivity contribution in [2.45, 2.75) is 19.9 Å². The molecule has 0 aliphatic rings. The van der Waals surface area contributed by atoms with E-state index in [9.17, 15) is 8.78 Å². The Labute approximate surface area is 138 Å². The van der Waals surface area contributed by atoms with Crippen molar-refractivity contribution in [3.63, 3.8) is 0 Å². The summed E-state index contributed by atoms with van der Waals surface area (Å²) < 4.78 is 33.5. The number of fused-ring (bicyclic) bond motifs is 1. The second-order valence-corrected chi connectivity index (χ2v) is 5.28. The van der Waals surface area contributed by atoms with E-state index in [0.717, 1.165) is 24.1 Å². The maximum atomic E-state index is 14.1. The summed E-state index contributed by atoms with van der Waals surface area (Å²) >= 11 is 0. The van der Waals surface area contributed by atoms with Crippen LogP contribution < -0.4 is 10.1 Å². The van der Waals surface area contributed by atoms with Gasteiger partial charge in [-0.25, -0.2) is 13.8 Å². The Hall–Kier alpha value is -2.76. The lowest BCUT2D eigenvalue weighted by molar-refractivity contribution is 0.302. The Morgan fingerprint density at radius 1 is 1.04 bits per heavy atom. The van der Waals surface area contributed by atoms with Gasteiger partial charge in [0.15, 0.2) is 0 Å².